The van der Waals surface area contributed by atoms with Gasteiger partial charge in [0.05, 0.1) is 12.6 Å². The molecular formula is C14H18N2O. The summed E-state index contributed by atoms with van der Waals surface area (Å²) in [4.78, 5) is 9.20. The SMILES string of the molecule is COc1ccc2c(C)nc(C(C)C)nc2c1C. The summed E-state index contributed by atoms with van der Waals surface area (Å²) in [7, 11) is 1.69. The predicted octanol–water partition coefficient (Wildman–Crippen LogP) is 3.38. The lowest BCUT2D eigenvalue weighted by Gasteiger charge is -2.12. The number of hydrogen-bond acceptors (Lipinski definition) is 3. The van der Waals surface area contributed by atoms with Gasteiger partial charge in [-0.15, -0.1) is 0 Å². The van der Waals surface area contributed by atoms with Crippen molar-refractivity contribution < 1.29 is 4.74 Å². The molecule has 3 nitrogen and oxygen atoms in total. The Labute approximate surface area is 102 Å². The van der Waals surface area contributed by atoms with Crippen molar-refractivity contribution in [3.05, 3.63) is 29.2 Å². The van der Waals surface area contributed by atoms with Crippen LogP contribution in [0.4, 0.5) is 0 Å². The Morgan fingerprint density at radius 3 is 2.41 bits per heavy atom. The quantitative estimate of drug-likeness (QED) is 0.793. The van der Waals surface area contributed by atoms with Crippen molar-refractivity contribution in [2.45, 2.75) is 33.6 Å². The van der Waals surface area contributed by atoms with E-state index in [0.717, 1.165) is 33.7 Å². The Morgan fingerprint density at radius 2 is 1.82 bits per heavy atom. The monoisotopic (exact) mass is 230 g/mol. The minimum Gasteiger partial charge on any atom is -0.496 e. The van der Waals surface area contributed by atoms with Crippen molar-refractivity contribution in [1.82, 2.24) is 9.97 Å². The zero-order chi connectivity index (χ0) is 12.6. The van der Waals surface area contributed by atoms with Gasteiger partial charge in [-0.25, -0.2) is 9.97 Å². The van der Waals surface area contributed by atoms with Gasteiger partial charge in [-0.3, -0.25) is 0 Å². The van der Waals surface area contributed by atoms with Gasteiger partial charge in [-0.1, -0.05) is 13.8 Å². The molecule has 90 valence electrons. The zero-order valence-electron chi connectivity index (χ0n) is 11.0. The molecule has 0 spiro atoms. The largest absolute Gasteiger partial charge is 0.496 e. The van der Waals surface area contributed by atoms with Crippen molar-refractivity contribution >= 4 is 10.9 Å². The first-order chi connectivity index (χ1) is 8.04. The van der Waals surface area contributed by atoms with Gasteiger partial charge in [0.2, 0.25) is 0 Å². The molecule has 0 aliphatic heterocycles. The van der Waals surface area contributed by atoms with Crippen LogP contribution in [-0.2, 0) is 0 Å². The number of hydrogen-bond donors (Lipinski definition) is 0. The van der Waals surface area contributed by atoms with E-state index in [1.165, 1.54) is 0 Å². The molecule has 0 N–H and O–H groups in total. The summed E-state index contributed by atoms with van der Waals surface area (Å²) in [6.45, 7) is 8.28. The lowest BCUT2D eigenvalue weighted by molar-refractivity contribution is 0.412. The topological polar surface area (TPSA) is 35.0 Å². The van der Waals surface area contributed by atoms with Crippen LogP contribution in [-0.4, -0.2) is 17.1 Å². The fourth-order valence-corrected chi connectivity index (χ4v) is 1.97. The lowest BCUT2D eigenvalue weighted by Crippen LogP contribution is -2.02. The van der Waals surface area contributed by atoms with Gasteiger partial charge in [0, 0.05) is 22.6 Å². The first-order valence-corrected chi connectivity index (χ1v) is 5.86. The van der Waals surface area contributed by atoms with Gasteiger partial charge < -0.3 is 4.74 Å². The smallest absolute Gasteiger partial charge is 0.131 e. The second-order valence-corrected chi connectivity index (χ2v) is 4.61. The van der Waals surface area contributed by atoms with Crippen LogP contribution in [0.5, 0.6) is 5.75 Å². The van der Waals surface area contributed by atoms with Gasteiger partial charge in [0.1, 0.15) is 11.6 Å². The predicted molar refractivity (Wildman–Crippen MR) is 69.7 cm³/mol. The number of nitrogens with zero attached hydrogens (tertiary/aromatic N) is 2. The molecule has 1 aromatic heterocycles. The molecule has 0 saturated carbocycles. The minimum atomic E-state index is 0.337. The lowest BCUT2D eigenvalue weighted by atomic mass is 10.1. The number of rotatable bonds is 2. The van der Waals surface area contributed by atoms with Gasteiger partial charge in [-0.2, -0.15) is 0 Å². The van der Waals surface area contributed by atoms with E-state index in [0.29, 0.717) is 5.92 Å². The average Bonchev–Trinajstić information content (AvgIpc) is 2.30. The van der Waals surface area contributed by atoms with Crippen molar-refractivity contribution in [3.8, 4) is 5.75 Å². The molecule has 0 aliphatic rings. The molecule has 0 bridgehead atoms. The van der Waals surface area contributed by atoms with E-state index in [2.05, 4.69) is 23.8 Å². The van der Waals surface area contributed by atoms with Crippen molar-refractivity contribution in [1.29, 1.82) is 0 Å². The van der Waals surface area contributed by atoms with Crippen LogP contribution in [0.2, 0.25) is 0 Å². The molecule has 0 aliphatic carbocycles. The molecule has 17 heavy (non-hydrogen) atoms. The van der Waals surface area contributed by atoms with E-state index in [1.807, 2.05) is 26.0 Å². The Hall–Kier alpha value is -1.64. The zero-order valence-corrected chi connectivity index (χ0v) is 11.0. The van der Waals surface area contributed by atoms with Crippen LogP contribution in [0, 0.1) is 13.8 Å². The number of fused-ring (bicyclic) bond motifs is 1. The van der Waals surface area contributed by atoms with Crippen LogP contribution < -0.4 is 4.74 Å². The van der Waals surface area contributed by atoms with E-state index in [9.17, 15) is 0 Å². The summed E-state index contributed by atoms with van der Waals surface area (Å²) < 4.78 is 5.33. The number of benzene rings is 1. The highest BCUT2D eigenvalue weighted by Crippen LogP contribution is 2.28. The number of aryl methyl sites for hydroxylation is 2. The third-order valence-electron chi connectivity index (χ3n) is 3.02. The molecule has 0 amide bonds. The summed E-state index contributed by atoms with van der Waals surface area (Å²) in [5.74, 6) is 2.11. The Balaban J connectivity index is 2.79. The summed E-state index contributed by atoms with van der Waals surface area (Å²) in [6, 6.07) is 4.00. The van der Waals surface area contributed by atoms with Crippen molar-refractivity contribution in [2.75, 3.05) is 7.11 Å². The number of methoxy groups -OCH3 is 1. The maximum Gasteiger partial charge on any atom is 0.131 e. The minimum absolute atomic E-state index is 0.337. The molecule has 1 heterocycles. The number of ether oxygens (including phenoxy) is 1. The first kappa shape index (κ1) is 11.8. The molecule has 0 unspecified atom stereocenters. The normalized spacial score (nSPS) is 11.2. The molecule has 0 fully saturated rings. The van der Waals surface area contributed by atoms with Gasteiger partial charge in [0.15, 0.2) is 0 Å². The second-order valence-electron chi connectivity index (χ2n) is 4.61. The Bertz CT molecular complexity index is 562. The summed E-state index contributed by atoms with van der Waals surface area (Å²) in [5, 5.41) is 1.10. The molecular weight excluding hydrogens is 212 g/mol. The molecule has 1 aromatic carbocycles. The van der Waals surface area contributed by atoms with E-state index < -0.39 is 0 Å². The standard InChI is InChI=1S/C14H18N2O/c1-8(2)14-15-10(4)11-6-7-12(17-5)9(3)13(11)16-14/h6-8H,1-5H3. The van der Waals surface area contributed by atoms with Crippen LogP contribution in [0.15, 0.2) is 12.1 Å². The molecule has 0 atom stereocenters. The second kappa shape index (κ2) is 4.32. The van der Waals surface area contributed by atoms with Crippen molar-refractivity contribution in [2.24, 2.45) is 0 Å². The summed E-state index contributed by atoms with van der Waals surface area (Å²) in [5.41, 5.74) is 3.11. The third kappa shape index (κ3) is 1.97. The van der Waals surface area contributed by atoms with Crippen LogP contribution >= 0.6 is 0 Å². The fraction of sp³-hybridized carbons (Fsp3) is 0.429. The third-order valence-corrected chi connectivity index (χ3v) is 3.02. The summed E-state index contributed by atoms with van der Waals surface area (Å²) in [6.07, 6.45) is 0. The Kier molecular flexibility index (Phi) is 3.01. The first-order valence-electron chi connectivity index (χ1n) is 5.86. The van der Waals surface area contributed by atoms with E-state index >= 15 is 0 Å². The van der Waals surface area contributed by atoms with Crippen molar-refractivity contribution in [3.63, 3.8) is 0 Å². The molecule has 2 aromatic rings. The van der Waals surface area contributed by atoms with E-state index in [-0.39, 0.29) is 0 Å². The van der Waals surface area contributed by atoms with Gasteiger partial charge >= 0.3 is 0 Å². The highest BCUT2D eigenvalue weighted by Gasteiger charge is 2.11. The van der Waals surface area contributed by atoms with E-state index in [4.69, 9.17) is 4.74 Å². The Morgan fingerprint density at radius 1 is 1.12 bits per heavy atom. The highest BCUT2D eigenvalue weighted by atomic mass is 16.5. The molecule has 0 saturated heterocycles. The molecule has 2 rings (SSSR count). The highest BCUT2D eigenvalue weighted by molar-refractivity contribution is 5.85. The summed E-state index contributed by atoms with van der Waals surface area (Å²) >= 11 is 0. The van der Waals surface area contributed by atoms with Crippen LogP contribution in [0.1, 0.15) is 36.8 Å². The van der Waals surface area contributed by atoms with Gasteiger partial charge in [0.25, 0.3) is 0 Å². The fourth-order valence-electron chi connectivity index (χ4n) is 1.97. The molecule has 0 radical (unpaired) electrons. The van der Waals surface area contributed by atoms with Crippen LogP contribution in [0.25, 0.3) is 10.9 Å². The maximum atomic E-state index is 5.33. The average molecular weight is 230 g/mol. The van der Waals surface area contributed by atoms with Crippen LogP contribution in [0.3, 0.4) is 0 Å². The maximum absolute atomic E-state index is 5.33. The van der Waals surface area contributed by atoms with E-state index in [1.54, 1.807) is 7.11 Å². The number of aromatic nitrogens is 2. The molecule has 3 heteroatoms. The van der Waals surface area contributed by atoms with Gasteiger partial charge in [-0.05, 0) is 26.0 Å².